The molecule has 0 aromatic carbocycles. The number of nitrogens with zero attached hydrogens (tertiary/aromatic N) is 1. The molecule has 146 valence electrons. The Bertz CT molecular complexity index is 846. The number of alkyl halides is 2. The lowest BCUT2D eigenvalue weighted by Gasteiger charge is -2.41. The quantitative estimate of drug-likeness (QED) is 0.685. The smallest absolute Gasteiger partial charge is 0.330 e. The zero-order valence-corrected chi connectivity index (χ0v) is 15.4. The Morgan fingerprint density at radius 2 is 2.19 bits per heavy atom. The number of ether oxygens (including phenoxy) is 1. The molecule has 0 amide bonds. The summed E-state index contributed by atoms with van der Waals surface area (Å²) < 4.78 is 49.8. The van der Waals surface area contributed by atoms with Gasteiger partial charge in [-0.1, -0.05) is 0 Å². The summed E-state index contributed by atoms with van der Waals surface area (Å²) in [6.45, 7) is -0.724. The van der Waals surface area contributed by atoms with Crippen molar-refractivity contribution in [2.75, 3.05) is 6.61 Å². The largest absolute Gasteiger partial charge is 0.386 e. The number of hydrogen-bond donors (Lipinski definition) is 2. The monoisotopic (exact) mass is 414 g/mol. The summed E-state index contributed by atoms with van der Waals surface area (Å²) in [6, 6.07) is 0.998. The topological polar surface area (TPSA) is 112 Å². The second-order valence-electron chi connectivity index (χ2n) is 6.17. The first-order valence-corrected chi connectivity index (χ1v) is 10.2. The standard InChI is InChI=1S/C13H17F2N2O7PS/c1-6(2)23-25(26)21-5-13(11(14)15)9(24-25)8(19)10(22-13)17-4-3-7(18)16-12(17)20/h3-4,6,8-11,19H,5H2,1-2H3,(H,16,18,20). The summed E-state index contributed by atoms with van der Waals surface area (Å²) in [7, 11) is 0. The maximum Gasteiger partial charge on any atom is 0.330 e. The minimum Gasteiger partial charge on any atom is -0.386 e. The lowest BCUT2D eigenvalue weighted by atomic mass is 9.96. The summed E-state index contributed by atoms with van der Waals surface area (Å²) in [5.74, 6) is 0. The van der Waals surface area contributed by atoms with Crippen LogP contribution in [0.2, 0.25) is 0 Å². The van der Waals surface area contributed by atoms with Crippen LogP contribution in [0, 0.1) is 0 Å². The van der Waals surface area contributed by atoms with Crippen LogP contribution in [0.4, 0.5) is 8.78 Å². The van der Waals surface area contributed by atoms with E-state index in [-0.39, 0.29) is 0 Å². The molecule has 9 nitrogen and oxygen atoms in total. The van der Waals surface area contributed by atoms with Gasteiger partial charge in [-0.25, -0.2) is 13.6 Å². The predicted octanol–water partition coefficient (Wildman–Crippen LogP) is 0.495. The van der Waals surface area contributed by atoms with Crippen molar-refractivity contribution in [2.45, 2.75) is 50.4 Å². The van der Waals surface area contributed by atoms with E-state index >= 15 is 0 Å². The minimum atomic E-state index is -3.38. The van der Waals surface area contributed by atoms with Crippen LogP contribution in [-0.2, 0) is 30.1 Å². The molecule has 2 aliphatic rings. The molecule has 5 atom stereocenters. The number of H-pyrrole nitrogens is 1. The highest BCUT2D eigenvalue weighted by molar-refractivity contribution is 8.07. The third kappa shape index (κ3) is 3.31. The van der Waals surface area contributed by atoms with E-state index in [9.17, 15) is 23.5 Å². The second-order valence-corrected chi connectivity index (χ2v) is 9.09. The Morgan fingerprint density at radius 3 is 2.77 bits per heavy atom. The molecule has 2 N–H and O–H groups in total. The van der Waals surface area contributed by atoms with Gasteiger partial charge in [-0.2, -0.15) is 0 Å². The third-order valence-electron chi connectivity index (χ3n) is 3.95. The SMILES string of the molecule is CC(C)OP1(=S)OCC2(C(F)F)OC(n3ccc(=O)[nH]c3=O)C(O)C2O1. The van der Waals surface area contributed by atoms with Crippen molar-refractivity contribution in [2.24, 2.45) is 0 Å². The normalized spacial score (nSPS) is 37.3. The van der Waals surface area contributed by atoms with Crippen LogP contribution in [0.3, 0.4) is 0 Å². The molecule has 2 fully saturated rings. The van der Waals surface area contributed by atoms with E-state index in [4.69, 9.17) is 30.1 Å². The molecule has 26 heavy (non-hydrogen) atoms. The molecule has 3 rings (SSSR count). The third-order valence-corrected chi connectivity index (χ3v) is 6.39. The van der Waals surface area contributed by atoms with Crippen LogP contribution >= 0.6 is 6.72 Å². The van der Waals surface area contributed by atoms with Crippen molar-refractivity contribution in [1.82, 2.24) is 9.55 Å². The van der Waals surface area contributed by atoms with E-state index in [2.05, 4.69) is 0 Å². The minimum absolute atomic E-state index is 0.392. The number of fused-ring (bicyclic) bond motifs is 1. The molecule has 0 spiro atoms. The van der Waals surface area contributed by atoms with E-state index in [1.54, 1.807) is 13.8 Å². The Morgan fingerprint density at radius 1 is 1.50 bits per heavy atom. The van der Waals surface area contributed by atoms with Gasteiger partial charge in [0.15, 0.2) is 11.8 Å². The molecule has 13 heteroatoms. The zero-order valence-electron chi connectivity index (χ0n) is 13.7. The van der Waals surface area contributed by atoms with Crippen molar-refractivity contribution >= 4 is 18.5 Å². The molecule has 2 saturated heterocycles. The van der Waals surface area contributed by atoms with Gasteiger partial charge in [-0.05, 0) is 25.7 Å². The van der Waals surface area contributed by atoms with Crippen LogP contribution < -0.4 is 11.2 Å². The summed E-state index contributed by atoms with van der Waals surface area (Å²) >= 11 is 5.16. The van der Waals surface area contributed by atoms with Gasteiger partial charge in [0, 0.05) is 12.3 Å². The number of aromatic amines is 1. The maximum atomic E-state index is 13.8. The van der Waals surface area contributed by atoms with E-state index in [1.807, 2.05) is 4.98 Å². The Hall–Kier alpha value is -1.01. The molecule has 1 aromatic heterocycles. The number of hydrogen-bond acceptors (Lipinski definition) is 8. The van der Waals surface area contributed by atoms with Gasteiger partial charge < -0.3 is 18.9 Å². The highest BCUT2D eigenvalue weighted by Crippen LogP contribution is 2.61. The summed E-state index contributed by atoms with van der Waals surface area (Å²) in [5, 5.41) is 10.5. The molecular formula is C13H17F2N2O7PS. The van der Waals surface area contributed by atoms with Crippen LogP contribution in [0.25, 0.3) is 0 Å². The van der Waals surface area contributed by atoms with E-state index in [0.29, 0.717) is 0 Å². The molecule has 0 aliphatic carbocycles. The molecule has 1 aromatic rings. The van der Waals surface area contributed by atoms with E-state index in [1.165, 1.54) is 0 Å². The molecular weight excluding hydrogens is 397 g/mol. The predicted molar refractivity (Wildman–Crippen MR) is 87.5 cm³/mol. The first kappa shape index (κ1) is 19.7. The fourth-order valence-corrected chi connectivity index (χ4v) is 5.40. The van der Waals surface area contributed by atoms with Crippen molar-refractivity contribution < 1.29 is 32.2 Å². The van der Waals surface area contributed by atoms with Crippen molar-refractivity contribution in [3.8, 4) is 0 Å². The summed E-state index contributed by atoms with van der Waals surface area (Å²) in [6.07, 6.45) is -7.24. The van der Waals surface area contributed by atoms with Crippen LogP contribution in [-0.4, -0.2) is 51.6 Å². The van der Waals surface area contributed by atoms with Crippen molar-refractivity contribution in [3.05, 3.63) is 33.1 Å². The Kier molecular flexibility index (Phi) is 5.21. The fraction of sp³-hybridized carbons (Fsp3) is 0.692. The van der Waals surface area contributed by atoms with Crippen LogP contribution in [0.5, 0.6) is 0 Å². The Labute approximate surface area is 151 Å². The van der Waals surface area contributed by atoms with Gasteiger partial charge in [-0.15, -0.1) is 0 Å². The number of aliphatic hydroxyl groups is 1. The maximum absolute atomic E-state index is 13.8. The van der Waals surface area contributed by atoms with Gasteiger partial charge in [-0.3, -0.25) is 18.9 Å². The lowest BCUT2D eigenvalue weighted by Crippen LogP contribution is -2.56. The van der Waals surface area contributed by atoms with Gasteiger partial charge in [0.05, 0.1) is 12.7 Å². The summed E-state index contributed by atoms with van der Waals surface area (Å²) in [4.78, 5) is 25.1. The highest BCUT2D eigenvalue weighted by atomic mass is 32.5. The first-order chi connectivity index (χ1) is 12.1. The number of nitrogens with one attached hydrogen (secondary N) is 1. The van der Waals surface area contributed by atoms with Gasteiger partial charge in [0.2, 0.25) is 0 Å². The zero-order chi connectivity index (χ0) is 19.3. The fourth-order valence-electron chi connectivity index (χ4n) is 2.82. The molecule has 0 radical (unpaired) electrons. The van der Waals surface area contributed by atoms with Crippen molar-refractivity contribution in [1.29, 1.82) is 0 Å². The molecule has 0 bridgehead atoms. The Balaban J connectivity index is 1.99. The van der Waals surface area contributed by atoms with E-state index in [0.717, 1.165) is 16.8 Å². The summed E-state index contributed by atoms with van der Waals surface area (Å²) in [5.41, 5.74) is -3.94. The van der Waals surface area contributed by atoms with Gasteiger partial charge in [0.1, 0.15) is 12.2 Å². The second kappa shape index (κ2) is 6.86. The molecule has 3 heterocycles. The van der Waals surface area contributed by atoms with Crippen LogP contribution in [0.15, 0.2) is 21.9 Å². The van der Waals surface area contributed by atoms with E-state index < -0.39 is 61.1 Å². The highest BCUT2D eigenvalue weighted by Gasteiger charge is 2.66. The number of aliphatic hydroxyl groups excluding tert-OH is 1. The van der Waals surface area contributed by atoms with Crippen molar-refractivity contribution in [3.63, 3.8) is 0 Å². The van der Waals surface area contributed by atoms with Crippen LogP contribution in [0.1, 0.15) is 20.1 Å². The molecule has 2 aliphatic heterocycles. The number of halogens is 2. The first-order valence-electron chi connectivity index (χ1n) is 7.65. The number of rotatable bonds is 4. The molecule has 0 saturated carbocycles. The average Bonchev–Trinajstić information content (AvgIpc) is 2.80. The average molecular weight is 414 g/mol. The molecule has 5 unspecified atom stereocenters. The number of aromatic nitrogens is 2. The van der Waals surface area contributed by atoms with Gasteiger partial charge in [0.25, 0.3) is 12.0 Å². The lowest BCUT2D eigenvalue weighted by molar-refractivity contribution is -0.204. The van der Waals surface area contributed by atoms with Gasteiger partial charge >= 0.3 is 12.4 Å².